The molecular formula is C15H21BN3O3. The van der Waals surface area contributed by atoms with Crippen molar-refractivity contribution in [3.63, 3.8) is 0 Å². The minimum atomic E-state index is -0.334. The van der Waals surface area contributed by atoms with Crippen LogP contribution in [0.25, 0.3) is 0 Å². The Balaban J connectivity index is 1.98. The molecule has 117 valence electrons. The molecule has 1 heterocycles. The predicted molar refractivity (Wildman–Crippen MR) is 85.9 cm³/mol. The Morgan fingerprint density at radius 3 is 2.64 bits per heavy atom. The zero-order chi connectivity index (χ0) is 16.1. The third-order valence-electron chi connectivity index (χ3n) is 3.75. The van der Waals surface area contributed by atoms with Crippen LogP contribution in [0.3, 0.4) is 0 Å². The van der Waals surface area contributed by atoms with Crippen LogP contribution in [0.15, 0.2) is 24.3 Å². The average molecular weight is 302 g/mol. The second-order valence-corrected chi connectivity index (χ2v) is 5.56. The summed E-state index contributed by atoms with van der Waals surface area (Å²) in [5, 5.41) is 2.10. The van der Waals surface area contributed by atoms with E-state index >= 15 is 0 Å². The molecule has 1 aromatic rings. The number of hydrazine groups is 1. The molecule has 1 aromatic carbocycles. The van der Waals surface area contributed by atoms with Crippen molar-refractivity contribution >= 4 is 25.3 Å². The minimum Gasteiger partial charge on any atom is -0.476 e. The molecular weight excluding hydrogens is 281 g/mol. The fraction of sp³-hybridized carbons (Fsp3) is 0.467. The van der Waals surface area contributed by atoms with E-state index < -0.39 is 0 Å². The summed E-state index contributed by atoms with van der Waals surface area (Å²) in [7, 11) is 2.91. The number of rotatable bonds is 5. The first-order chi connectivity index (χ1) is 10.5. The van der Waals surface area contributed by atoms with Crippen molar-refractivity contribution in [1.29, 1.82) is 0 Å². The SMILES string of the molecule is COC(=O)[B]N1C(C)CN(Nc2cccc(C=O)c2)C[C@@H]1C. The summed E-state index contributed by atoms with van der Waals surface area (Å²) in [5.41, 5.74) is 4.85. The molecule has 6 nitrogen and oxygen atoms in total. The van der Waals surface area contributed by atoms with E-state index in [-0.39, 0.29) is 18.0 Å². The van der Waals surface area contributed by atoms with Crippen LogP contribution in [0.2, 0.25) is 0 Å². The van der Waals surface area contributed by atoms with Crippen LogP contribution in [0.5, 0.6) is 0 Å². The van der Waals surface area contributed by atoms with Gasteiger partial charge in [-0.3, -0.25) is 9.59 Å². The van der Waals surface area contributed by atoms with Crippen molar-refractivity contribution in [3.8, 4) is 0 Å². The van der Waals surface area contributed by atoms with Crippen LogP contribution in [-0.2, 0) is 4.74 Å². The standard InChI is InChI=1S/C15H21BN3O3/c1-11-8-18(9-12(2)19(11)16-15(21)22-3)17-14-6-4-5-13(7-14)10-20/h4-7,10-12,17H,8-9H2,1-3H3/t11-,12?/m0/s1. The lowest BCUT2D eigenvalue weighted by atomic mass is 9.85. The van der Waals surface area contributed by atoms with Crippen molar-refractivity contribution in [3.05, 3.63) is 29.8 Å². The molecule has 1 aliphatic rings. The van der Waals surface area contributed by atoms with Crippen LogP contribution < -0.4 is 5.43 Å². The summed E-state index contributed by atoms with van der Waals surface area (Å²) >= 11 is 0. The number of piperazine rings is 1. The Hall–Kier alpha value is -1.86. The fourth-order valence-corrected chi connectivity index (χ4v) is 2.72. The molecule has 2 atom stereocenters. The molecule has 0 saturated carbocycles. The number of carbonyl (C=O) groups excluding carboxylic acids is 2. The van der Waals surface area contributed by atoms with Gasteiger partial charge >= 0.3 is 7.41 Å². The van der Waals surface area contributed by atoms with Gasteiger partial charge in [-0.25, -0.2) is 5.01 Å². The zero-order valence-corrected chi connectivity index (χ0v) is 13.2. The summed E-state index contributed by atoms with van der Waals surface area (Å²) < 4.78 is 4.70. The Morgan fingerprint density at radius 2 is 2.05 bits per heavy atom. The van der Waals surface area contributed by atoms with Crippen molar-refractivity contribution in [2.24, 2.45) is 0 Å². The number of ether oxygens (including phenoxy) is 1. The van der Waals surface area contributed by atoms with Gasteiger partial charge < -0.3 is 15.0 Å². The van der Waals surface area contributed by atoms with E-state index in [1.54, 1.807) is 6.07 Å². The molecule has 2 rings (SSSR count). The smallest absolute Gasteiger partial charge is 0.357 e. The van der Waals surface area contributed by atoms with Crippen molar-refractivity contribution < 1.29 is 14.3 Å². The first kappa shape index (κ1) is 16.5. The van der Waals surface area contributed by atoms with E-state index in [2.05, 4.69) is 24.3 Å². The van der Waals surface area contributed by atoms with Gasteiger partial charge in [0.15, 0.2) is 0 Å². The van der Waals surface area contributed by atoms with Gasteiger partial charge in [0.05, 0.1) is 7.11 Å². The predicted octanol–water partition coefficient (Wildman–Crippen LogP) is 1.61. The molecule has 1 aliphatic heterocycles. The number of aldehydes is 1. The fourth-order valence-electron chi connectivity index (χ4n) is 2.72. The molecule has 0 aliphatic carbocycles. The van der Waals surface area contributed by atoms with Crippen molar-refractivity contribution in [2.45, 2.75) is 25.9 Å². The molecule has 7 heteroatoms. The molecule has 0 aromatic heterocycles. The largest absolute Gasteiger partial charge is 0.476 e. The van der Waals surface area contributed by atoms with Crippen LogP contribution in [-0.4, -0.2) is 61.7 Å². The molecule has 1 unspecified atom stereocenters. The number of hydrogen-bond donors (Lipinski definition) is 1. The number of nitrogens with zero attached hydrogens (tertiary/aromatic N) is 2. The van der Waals surface area contributed by atoms with Gasteiger partial charge in [0, 0.05) is 36.4 Å². The maximum absolute atomic E-state index is 11.4. The van der Waals surface area contributed by atoms with Gasteiger partial charge in [-0.1, -0.05) is 12.1 Å². The summed E-state index contributed by atoms with van der Waals surface area (Å²) in [4.78, 5) is 24.3. The van der Waals surface area contributed by atoms with Gasteiger partial charge in [-0.05, 0) is 26.0 Å². The van der Waals surface area contributed by atoms with E-state index in [1.807, 2.05) is 23.0 Å². The van der Waals surface area contributed by atoms with E-state index in [1.165, 1.54) is 14.5 Å². The second-order valence-electron chi connectivity index (χ2n) is 5.56. The summed E-state index contributed by atoms with van der Waals surface area (Å²) in [6.07, 6.45) is 0.833. The monoisotopic (exact) mass is 302 g/mol. The molecule has 1 saturated heterocycles. The highest BCUT2D eigenvalue weighted by molar-refractivity contribution is 6.69. The summed E-state index contributed by atoms with van der Waals surface area (Å²) in [6.45, 7) is 5.63. The lowest BCUT2D eigenvalue weighted by molar-refractivity contribution is 0.112. The Labute approximate surface area is 131 Å². The van der Waals surface area contributed by atoms with Crippen LogP contribution in [0.1, 0.15) is 24.2 Å². The maximum Gasteiger partial charge on any atom is 0.357 e. The molecule has 0 bridgehead atoms. The molecule has 1 N–H and O–H groups in total. The summed E-state index contributed by atoms with van der Waals surface area (Å²) in [6, 6.07) is 7.70. The van der Waals surface area contributed by atoms with Gasteiger partial charge in [-0.2, -0.15) is 0 Å². The second kappa shape index (κ2) is 7.42. The van der Waals surface area contributed by atoms with Crippen molar-refractivity contribution in [1.82, 2.24) is 9.82 Å². The van der Waals surface area contributed by atoms with Crippen LogP contribution in [0, 0.1) is 0 Å². The van der Waals surface area contributed by atoms with Gasteiger partial charge in [0.1, 0.15) is 6.29 Å². The van der Waals surface area contributed by atoms with Crippen LogP contribution >= 0.6 is 0 Å². The van der Waals surface area contributed by atoms with Gasteiger partial charge in [0.2, 0.25) is 0 Å². The van der Waals surface area contributed by atoms with E-state index in [0.717, 1.165) is 25.1 Å². The van der Waals surface area contributed by atoms with E-state index in [9.17, 15) is 9.59 Å². The lowest BCUT2D eigenvalue weighted by Crippen LogP contribution is -2.60. The van der Waals surface area contributed by atoms with Crippen LogP contribution in [0.4, 0.5) is 10.5 Å². The third kappa shape index (κ3) is 4.08. The Kier molecular flexibility index (Phi) is 5.57. The number of hydrogen-bond acceptors (Lipinski definition) is 6. The number of nitrogens with one attached hydrogen (secondary N) is 1. The van der Waals surface area contributed by atoms with Crippen molar-refractivity contribution in [2.75, 3.05) is 25.6 Å². The van der Waals surface area contributed by atoms with Gasteiger partial charge in [-0.15, -0.1) is 0 Å². The molecule has 0 spiro atoms. The normalized spacial score (nSPS) is 22.9. The lowest BCUT2D eigenvalue weighted by Gasteiger charge is -2.44. The highest BCUT2D eigenvalue weighted by Crippen LogP contribution is 2.17. The number of anilines is 1. The first-order valence-corrected chi connectivity index (χ1v) is 7.30. The average Bonchev–Trinajstić information content (AvgIpc) is 2.51. The third-order valence-corrected chi connectivity index (χ3v) is 3.75. The number of carbonyl (C=O) groups is 2. The topological polar surface area (TPSA) is 61.9 Å². The molecule has 1 fully saturated rings. The summed E-state index contributed by atoms with van der Waals surface area (Å²) in [5.74, 6) is -0.334. The minimum absolute atomic E-state index is 0.171. The van der Waals surface area contributed by atoms with Gasteiger partial charge in [0.25, 0.3) is 5.87 Å². The maximum atomic E-state index is 11.4. The number of benzene rings is 1. The van der Waals surface area contributed by atoms with E-state index in [4.69, 9.17) is 4.74 Å². The zero-order valence-electron chi connectivity index (χ0n) is 13.2. The highest BCUT2D eigenvalue weighted by Gasteiger charge is 2.32. The molecule has 22 heavy (non-hydrogen) atoms. The quantitative estimate of drug-likeness (QED) is 0.658. The Morgan fingerprint density at radius 1 is 1.36 bits per heavy atom. The molecule has 0 amide bonds. The molecule has 1 radical (unpaired) electrons. The number of methoxy groups -OCH3 is 1. The van der Waals surface area contributed by atoms with E-state index in [0.29, 0.717) is 5.56 Å². The first-order valence-electron chi connectivity index (χ1n) is 7.30. The Bertz CT molecular complexity index is 529. The highest BCUT2D eigenvalue weighted by atomic mass is 16.5.